The predicted octanol–water partition coefficient (Wildman–Crippen LogP) is 9.74. The van der Waals surface area contributed by atoms with Gasteiger partial charge in [-0.1, -0.05) is 116 Å². The average Bonchev–Trinajstić information content (AvgIpc) is 3.11. The van der Waals surface area contributed by atoms with Crippen molar-refractivity contribution in [2.24, 2.45) is 5.92 Å². The second-order valence-electron chi connectivity index (χ2n) is 13.6. The summed E-state index contributed by atoms with van der Waals surface area (Å²) in [6, 6.07) is 0. The van der Waals surface area contributed by atoms with E-state index in [0.717, 1.165) is 89.9 Å². The third-order valence-corrected chi connectivity index (χ3v) is 8.19. The Labute approximate surface area is 311 Å². The summed E-state index contributed by atoms with van der Waals surface area (Å²) in [5.41, 5.74) is 0. The molecule has 298 valence electrons. The number of hydrogen-bond acceptors (Lipinski definition) is 10. The van der Waals surface area contributed by atoms with E-state index in [-0.39, 0.29) is 32.4 Å². The van der Waals surface area contributed by atoms with Crippen molar-refractivity contribution >= 4 is 18.1 Å². The molecule has 0 amide bonds. The van der Waals surface area contributed by atoms with Crippen LogP contribution in [0.3, 0.4) is 0 Å². The lowest BCUT2D eigenvalue weighted by molar-refractivity contribution is -0.197. The molecule has 0 aromatic rings. The molecule has 51 heavy (non-hydrogen) atoms. The minimum absolute atomic E-state index is 0.0579. The van der Waals surface area contributed by atoms with Gasteiger partial charge in [-0.25, -0.2) is 9.59 Å². The number of allylic oxidation sites excluding steroid dienone is 4. The number of carbonyl (C=O) groups excluding carboxylic acids is 3. The number of nitrogens with zero attached hydrogens (tertiary/aromatic N) is 1. The zero-order valence-electron chi connectivity index (χ0n) is 33.2. The summed E-state index contributed by atoms with van der Waals surface area (Å²) in [5.74, 6) is -1.54. The van der Waals surface area contributed by atoms with E-state index in [1.807, 2.05) is 19.0 Å². The van der Waals surface area contributed by atoms with Gasteiger partial charge in [0.1, 0.15) is 26.4 Å². The lowest BCUT2D eigenvalue weighted by Gasteiger charge is -2.21. The van der Waals surface area contributed by atoms with Gasteiger partial charge in [-0.05, 0) is 65.5 Å². The van der Waals surface area contributed by atoms with E-state index in [9.17, 15) is 14.4 Å². The highest BCUT2D eigenvalue weighted by Gasteiger charge is 2.25. The zero-order valence-corrected chi connectivity index (χ0v) is 33.2. The molecule has 0 saturated heterocycles. The van der Waals surface area contributed by atoms with Crippen LogP contribution in [0.15, 0.2) is 24.3 Å². The molecule has 2 atom stereocenters. The minimum atomic E-state index is -1.13. The van der Waals surface area contributed by atoms with Crippen LogP contribution in [0.4, 0.5) is 4.79 Å². The summed E-state index contributed by atoms with van der Waals surface area (Å²) in [6.07, 6.45) is 27.7. The number of carbonyl (C=O) groups is 3. The summed E-state index contributed by atoms with van der Waals surface area (Å²) in [5, 5.41) is 0. The topological polar surface area (TPSA) is 110 Å². The summed E-state index contributed by atoms with van der Waals surface area (Å²) in [4.78, 5) is 39.6. The zero-order chi connectivity index (χ0) is 37.6. The molecule has 0 bridgehead atoms. The number of ether oxygens (including phenoxy) is 6. The number of unbranched alkanes of at least 4 members (excludes halogenated alkanes) is 14. The molecule has 0 spiro atoms. The molecule has 0 aliphatic heterocycles. The SMILES string of the molecule is CCCCC/C=C\C/C=C\CCCCCCCC(=O)OCC(COC(=O)OCCN(C)C)COC(=O)C(OCCCCC)OCCCCCCC. The highest BCUT2D eigenvalue weighted by molar-refractivity contribution is 5.73. The maximum absolute atomic E-state index is 13.0. The van der Waals surface area contributed by atoms with Gasteiger partial charge < -0.3 is 33.3 Å². The Balaban J connectivity index is 4.70. The second kappa shape index (κ2) is 37.3. The van der Waals surface area contributed by atoms with Crippen molar-refractivity contribution in [1.29, 1.82) is 0 Å². The van der Waals surface area contributed by atoms with Gasteiger partial charge >= 0.3 is 18.1 Å². The van der Waals surface area contributed by atoms with Crippen LogP contribution in [0, 0.1) is 5.92 Å². The lowest BCUT2D eigenvalue weighted by atomic mass is 10.1. The van der Waals surface area contributed by atoms with Gasteiger partial charge in [0, 0.05) is 13.0 Å². The first kappa shape index (κ1) is 48.6. The molecule has 0 heterocycles. The Bertz CT molecular complexity index is 877. The van der Waals surface area contributed by atoms with Crippen LogP contribution in [-0.2, 0) is 38.0 Å². The van der Waals surface area contributed by atoms with E-state index in [4.69, 9.17) is 28.4 Å². The normalized spacial score (nSPS) is 12.8. The van der Waals surface area contributed by atoms with Crippen LogP contribution in [0.1, 0.15) is 149 Å². The largest absolute Gasteiger partial charge is 0.508 e. The summed E-state index contributed by atoms with van der Waals surface area (Å²) in [7, 11) is 3.75. The molecule has 0 N–H and O–H groups in total. The van der Waals surface area contributed by atoms with E-state index in [2.05, 4.69) is 45.1 Å². The van der Waals surface area contributed by atoms with E-state index in [1.54, 1.807) is 0 Å². The van der Waals surface area contributed by atoms with Crippen molar-refractivity contribution in [2.75, 3.05) is 60.3 Å². The van der Waals surface area contributed by atoms with E-state index in [0.29, 0.717) is 26.2 Å². The van der Waals surface area contributed by atoms with Crippen molar-refractivity contribution in [1.82, 2.24) is 4.90 Å². The molecule has 10 nitrogen and oxygen atoms in total. The third kappa shape index (κ3) is 34.4. The third-order valence-electron chi connectivity index (χ3n) is 8.19. The van der Waals surface area contributed by atoms with Crippen LogP contribution in [0.5, 0.6) is 0 Å². The van der Waals surface area contributed by atoms with Gasteiger partial charge in [0.05, 0.1) is 19.1 Å². The van der Waals surface area contributed by atoms with Gasteiger partial charge in [-0.15, -0.1) is 0 Å². The number of hydrogen-bond donors (Lipinski definition) is 0. The van der Waals surface area contributed by atoms with E-state index < -0.39 is 24.3 Å². The van der Waals surface area contributed by atoms with E-state index >= 15 is 0 Å². The smallest absolute Gasteiger partial charge is 0.465 e. The van der Waals surface area contributed by atoms with Crippen LogP contribution >= 0.6 is 0 Å². The van der Waals surface area contributed by atoms with Crippen molar-refractivity contribution in [3.8, 4) is 0 Å². The first-order chi connectivity index (χ1) is 24.8. The molecule has 2 unspecified atom stereocenters. The second-order valence-corrected chi connectivity index (χ2v) is 13.6. The highest BCUT2D eigenvalue weighted by Crippen LogP contribution is 2.12. The maximum Gasteiger partial charge on any atom is 0.508 e. The fourth-order valence-electron chi connectivity index (χ4n) is 4.94. The Morgan fingerprint density at radius 1 is 0.549 bits per heavy atom. The molecule has 0 fully saturated rings. The molecule has 0 aromatic carbocycles. The van der Waals surface area contributed by atoms with Crippen molar-refractivity contribution in [3.63, 3.8) is 0 Å². The molecular formula is C41H75NO9. The van der Waals surface area contributed by atoms with Gasteiger partial charge in [0.2, 0.25) is 0 Å². The molecule has 0 radical (unpaired) electrons. The summed E-state index contributed by atoms with van der Waals surface area (Å²) < 4.78 is 33.0. The molecule has 0 rings (SSSR count). The monoisotopic (exact) mass is 726 g/mol. The molecule has 10 heteroatoms. The fraction of sp³-hybridized carbons (Fsp3) is 0.829. The van der Waals surface area contributed by atoms with Crippen molar-refractivity contribution in [3.05, 3.63) is 24.3 Å². The van der Waals surface area contributed by atoms with Crippen LogP contribution < -0.4 is 0 Å². The number of likely N-dealkylation sites (N-methyl/N-ethyl adjacent to an activating group) is 1. The Kier molecular flexibility index (Phi) is 35.6. The first-order valence-corrected chi connectivity index (χ1v) is 20.1. The Morgan fingerprint density at radius 3 is 1.73 bits per heavy atom. The van der Waals surface area contributed by atoms with E-state index in [1.165, 1.54) is 32.1 Å². The summed E-state index contributed by atoms with van der Waals surface area (Å²) >= 11 is 0. The van der Waals surface area contributed by atoms with Crippen LogP contribution in [-0.4, -0.2) is 89.6 Å². The Morgan fingerprint density at radius 2 is 1.06 bits per heavy atom. The maximum atomic E-state index is 13.0. The Hall–Kier alpha value is -2.43. The molecule has 0 aromatic heterocycles. The molecule has 0 aliphatic carbocycles. The lowest BCUT2D eigenvalue weighted by Crippen LogP contribution is -2.33. The standard InChI is InChI=1S/C41H75NO9/c1-6-9-12-14-15-16-17-18-19-20-21-22-23-24-26-29-38(43)49-34-37(36-51-41(45)48-33-30-42(4)5)35-50-39(44)40(46-31-27-11-8-3)47-32-28-25-13-10-7-2/h15-16,18-19,37,40H,6-14,17,20-36H2,1-5H3/b16-15-,19-18-. The number of rotatable bonds is 36. The van der Waals surface area contributed by atoms with Gasteiger partial charge in [-0.3, -0.25) is 4.79 Å². The predicted molar refractivity (Wildman–Crippen MR) is 205 cm³/mol. The van der Waals surface area contributed by atoms with Crippen LogP contribution in [0.2, 0.25) is 0 Å². The summed E-state index contributed by atoms with van der Waals surface area (Å²) in [6.45, 7) is 7.70. The van der Waals surface area contributed by atoms with Crippen LogP contribution in [0.25, 0.3) is 0 Å². The van der Waals surface area contributed by atoms with Crippen molar-refractivity contribution in [2.45, 2.75) is 155 Å². The molecular weight excluding hydrogens is 650 g/mol. The van der Waals surface area contributed by atoms with Gasteiger partial charge in [0.15, 0.2) is 0 Å². The average molecular weight is 726 g/mol. The molecule has 0 aliphatic rings. The first-order valence-electron chi connectivity index (χ1n) is 20.1. The number of esters is 2. The fourth-order valence-corrected chi connectivity index (χ4v) is 4.94. The minimum Gasteiger partial charge on any atom is -0.465 e. The van der Waals surface area contributed by atoms with Gasteiger partial charge in [-0.2, -0.15) is 0 Å². The van der Waals surface area contributed by atoms with Gasteiger partial charge in [0.25, 0.3) is 6.29 Å². The highest BCUT2D eigenvalue weighted by atomic mass is 16.7. The molecule has 0 saturated carbocycles. The quantitative estimate of drug-likeness (QED) is 0.0204. The van der Waals surface area contributed by atoms with Crippen molar-refractivity contribution < 1.29 is 42.8 Å².